The normalized spacial score (nSPS) is 12.9. The molecule has 124 valence electrons. The summed E-state index contributed by atoms with van der Waals surface area (Å²) in [4.78, 5) is 27.3. The Morgan fingerprint density at radius 3 is 2.80 bits per heavy atom. The number of carbonyl (C=O) groups is 1. The number of fused-ring (bicyclic) bond motifs is 1. The van der Waals surface area contributed by atoms with Gasteiger partial charge < -0.3 is 10.6 Å². The fourth-order valence-corrected chi connectivity index (χ4v) is 3.15. The third kappa shape index (κ3) is 2.92. The first-order valence-electron chi connectivity index (χ1n) is 7.72. The van der Waals surface area contributed by atoms with Crippen molar-refractivity contribution in [3.63, 3.8) is 0 Å². The molecule has 0 aliphatic carbocycles. The van der Waals surface area contributed by atoms with Crippen LogP contribution in [0.1, 0.15) is 21.6 Å². The van der Waals surface area contributed by atoms with Crippen LogP contribution in [0.15, 0.2) is 48.8 Å². The third-order valence-electron chi connectivity index (χ3n) is 4.09. The summed E-state index contributed by atoms with van der Waals surface area (Å²) >= 11 is 5.99. The van der Waals surface area contributed by atoms with Gasteiger partial charge in [-0.05, 0) is 30.3 Å². The van der Waals surface area contributed by atoms with Crippen molar-refractivity contribution in [1.82, 2.24) is 19.9 Å². The minimum atomic E-state index is -0.101. The smallest absolute Gasteiger partial charge is 0.254 e. The SMILES string of the molecule is Nc1nc2c(c(-c3cccnc3)n1)CN(C(=O)c1cccc(Cl)c1)C2. The highest BCUT2D eigenvalue weighted by Crippen LogP contribution is 2.31. The van der Waals surface area contributed by atoms with Crippen molar-refractivity contribution in [2.24, 2.45) is 0 Å². The number of aromatic nitrogens is 3. The monoisotopic (exact) mass is 351 g/mol. The van der Waals surface area contributed by atoms with Gasteiger partial charge in [0.15, 0.2) is 0 Å². The molecule has 0 fully saturated rings. The molecule has 0 saturated heterocycles. The largest absolute Gasteiger partial charge is 0.368 e. The lowest BCUT2D eigenvalue weighted by Gasteiger charge is -2.15. The van der Waals surface area contributed by atoms with Crippen LogP contribution in [0.2, 0.25) is 5.02 Å². The van der Waals surface area contributed by atoms with Gasteiger partial charge in [-0.1, -0.05) is 17.7 Å². The highest BCUT2D eigenvalue weighted by molar-refractivity contribution is 6.30. The molecule has 25 heavy (non-hydrogen) atoms. The fraction of sp³-hybridized carbons (Fsp3) is 0.111. The van der Waals surface area contributed by atoms with Crippen LogP contribution >= 0.6 is 11.6 Å². The molecule has 2 N–H and O–H groups in total. The first-order valence-corrected chi connectivity index (χ1v) is 8.10. The summed E-state index contributed by atoms with van der Waals surface area (Å²) in [6.45, 7) is 0.811. The summed E-state index contributed by atoms with van der Waals surface area (Å²) in [6, 6.07) is 10.7. The van der Waals surface area contributed by atoms with E-state index >= 15 is 0 Å². The van der Waals surface area contributed by atoms with E-state index in [2.05, 4.69) is 15.0 Å². The quantitative estimate of drug-likeness (QED) is 0.767. The van der Waals surface area contributed by atoms with Crippen molar-refractivity contribution in [3.05, 3.63) is 70.6 Å². The van der Waals surface area contributed by atoms with Gasteiger partial charge in [-0.25, -0.2) is 9.97 Å². The molecule has 0 spiro atoms. The van der Waals surface area contributed by atoms with Crippen LogP contribution in [0.4, 0.5) is 5.95 Å². The predicted octanol–water partition coefficient (Wildman–Crippen LogP) is 2.93. The Morgan fingerprint density at radius 1 is 1.16 bits per heavy atom. The zero-order valence-electron chi connectivity index (χ0n) is 13.2. The summed E-state index contributed by atoms with van der Waals surface area (Å²) in [6.07, 6.45) is 3.42. The van der Waals surface area contributed by atoms with Crippen molar-refractivity contribution in [3.8, 4) is 11.3 Å². The van der Waals surface area contributed by atoms with E-state index in [1.54, 1.807) is 41.6 Å². The first kappa shape index (κ1) is 15.5. The number of hydrogen-bond donors (Lipinski definition) is 1. The molecule has 1 aliphatic rings. The highest BCUT2D eigenvalue weighted by Gasteiger charge is 2.29. The zero-order chi connectivity index (χ0) is 17.4. The van der Waals surface area contributed by atoms with Gasteiger partial charge in [0, 0.05) is 34.1 Å². The van der Waals surface area contributed by atoms with Gasteiger partial charge in [0.25, 0.3) is 5.91 Å². The number of rotatable bonds is 2. The zero-order valence-corrected chi connectivity index (χ0v) is 13.9. The Hall–Kier alpha value is -2.99. The van der Waals surface area contributed by atoms with E-state index in [4.69, 9.17) is 17.3 Å². The molecule has 0 bridgehead atoms. The van der Waals surface area contributed by atoms with Gasteiger partial charge in [-0.15, -0.1) is 0 Å². The van der Waals surface area contributed by atoms with E-state index in [1.807, 2.05) is 12.1 Å². The maximum Gasteiger partial charge on any atom is 0.254 e. The van der Waals surface area contributed by atoms with Crippen LogP contribution in [0.3, 0.4) is 0 Å². The molecule has 3 aromatic rings. The van der Waals surface area contributed by atoms with E-state index in [0.29, 0.717) is 23.7 Å². The lowest BCUT2D eigenvalue weighted by molar-refractivity contribution is 0.0750. The van der Waals surface area contributed by atoms with E-state index in [0.717, 1.165) is 22.5 Å². The number of amides is 1. The van der Waals surface area contributed by atoms with Crippen molar-refractivity contribution < 1.29 is 4.79 Å². The Kier molecular flexibility index (Phi) is 3.82. The number of hydrogen-bond acceptors (Lipinski definition) is 5. The maximum absolute atomic E-state index is 12.8. The van der Waals surface area contributed by atoms with Gasteiger partial charge in [-0.3, -0.25) is 9.78 Å². The van der Waals surface area contributed by atoms with Crippen molar-refractivity contribution >= 4 is 23.5 Å². The van der Waals surface area contributed by atoms with Crippen LogP contribution < -0.4 is 5.73 Å². The number of carbonyl (C=O) groups excluding carboxylic acids is 1. The first-order chi connectivity index (χ1) is 12.1. The van der Waals surface area contributed by atoms with Gasteiger partial charge in [0.2, 0.25) is 5.95 Å². The number of nitrogen functional groups attached to an aromatic ring is 1. The van der Waals surface area contributed by atoms with E-state index in [1.165, 1.54) is 0 Å². The minimum absolute atomic E-state index is 0.101. The topological polar surface area (TPSA) is 85.0 Å². The number of pyridine rings is 1. The molecule has 1 aliphatic heterocycles. The number of nitrogens with zero attached hydrogens (tertiary/aromatic N) is 4. The van der Waals surface area contributed by atoms with E-state index < -0.39 is 0 Å². The lowest BCUT2D eigenvalue weighted by atomic mass is 10.1. The molecule has 0 atom stereocenters. The predicted molar refractivity (Wildman–Crippen MR) is 94.7 cm³/mol. The highest BCUT2D eigenvalue weighted by atomic mass is 35.5. The lowest BCUT2D eigenvalue weighted by Crippen LogP contribution is -2.25. The van der Waals surface area contributed by atoms with Gasteiger partial charge in [0.05, 0.1) is 24.5 Å². The molecule has 0 radical (unpaired) electrons. The molecule has 0 unspecified atom stereocenters. The van der Waals surface area contributed by atoms with Crippen molar-refractivity contribution in [2.75, 3.05) is 5.73 Å². The van der Waals surface area contributed by atoms with E-state index in [-0.39, 0.29) is 11.9 Å². The van der Waals surface area contributed by atoms with Crippen LogP contribution in [-0.4, -0.2) is 25.8 Å². The second-order valence-corrected chi connectivity index (χ2v) is 6.21. The molecule has 3 heterocycles. The summed E-state index contributed by atoms with van der Waals surface area (Å²) in [5.41, 5.74) is 9.64. The fourth-order valence-electron chi connectivity index (χ4n) is 2.96. The molecular formula is C18H14ClN5O. The van der Waals surface area contributed by atoms with Crippen LogP contribution in [0.5, 0.6) is 0 Å². The van der Waals surface area contributed by atoms with Gasteiger partial charge in [-0.2, -0.15) is 0 Å². The molecule has 7 heteroatoms. The molecule has 6 nitrogen and oxygen atoms in total. The summed E-state index contributed by atoms with van der Waals surface area (Å²) in [5, 5.41) is 0.530. The molecule has 0 saturated carbocycles. The Labute approximate surface area is 149 Å². The number of halogens is 1. The Bertz CT molecular complexity index is 961. The van der Waals surface area contributed by atoms with Gasteiger partial charge in [0.1, 0.15) is 0 Å². The molecule has 1 amide bonds. The van der Waals surface area contributed by atoms with Gasteiger partial charge >= 0.3 is 0 Å². The maximum atomic E-state index is 12.8. The van der Waals surface area contributed by atoms with Crippen LogP contribution in [0, 0.1) is 0 Å². The second kappa shape index (κ2) is 6.14. The Morgan fingerprint density at radius 2 is 2.04 bits per heavy atom. The van der Waals surface area contributed by atoms with Crippen LogP contribution in [0.25, 0.3) is 11.3 Å². The number of benzene rings is 1. The molecular weight excluding hydrogens is 338 g/mol. The second-order valence-electron chi connectivity index (χ2n) is 5.77. The average Bonchev–Trinajstić information content (AvgIpc) is 3.05. The average molecular weight is 352 g/mol. The Balaban J connectivity index is 1.70. The number of anilines is 1. The summed E-state index contributed by atoms with van der Waals surface area (Å²) < 4.78 is 0. The van der Waals surface area contributed by atoms with E-state index in [9.17, 15) is 4.79 Å². The number of nitrogens with two attached hydrogens (primary N) is 1. The van der Waals surface area contributed by atoms with Crippen molar-refractivity contribution in [2.45, 2.75) is 13.1 Å². The van der Waals surface area contributed by atoms with Crippen molar-refractivity contribution in [1.29, 1.82) is 0 Å². The molecule has 1 aromatic carbocycles. The van der Waals surface area contributed by atoms with Crippen LogP contribution in [-0.2, 0) is 13.1 Å². The minimum Gasteiger partial charge on any atom is -0.368 e. The molecule has 4 rings (SSSR count). The molecule has 2 aromatic heterocycles. The standard InChI is InChI=1S/C18H14ClN5O/c19-13-5-1-3-11(7-13)17(25)24-9-14-15(10-24)22-18(20)23-16(14)12-4-2-6-21-8-12/h1-8H,9-10H2,(H2,20,22,23). The summed E-state index contributed by atoms with van der Waals surface area (Å²) in [5.74, 6) is 0.0888. The third-order valence-corrected chi connectivity index (χ3v) is 4.33. The summed E-state index contributed by atoms with van der Waals surface area (Å²) in [7, 11) is 0.